The quantitative estimate of drug-likeness (QED) is 0.492. The van der Waals surface area contributed by atoms with E-state index in [0.29, 0.717) is 0 Å². The normalized spacial score (nSPS) is 11.6. The molecule has 0 aliphatic heterocycles. The summed E-state index contributed by atoms with van der Waals surface area (Å²) in [5.74, 6) is 0.932. The van der Waals surface area contributed by atoms with E-state index in [9.17, 15) is 0 Å². The molecule has 3 heteroatoms. The van der Waals surface area contributed by atoms with E-state index >= 15 is 0 Å². The Morgan fingerprint density at radius 2 is 2.21 bits per heavy atom. The van der Waals surface area contributed by atoms with Crippen molar-refractivity contribution in [3.05, 3.63) is 36.5 Å². The second-order valence-corrected chi connectivity index (χ2v) is 3.52. The fraction of sp³-hybridized carbons (Fsp3) is 0.182. The van der Waals surface area contributed by atoms with Gasteiger partial charge in [-0.3, -0.25) is 0 Å². The molecule has 0 aromatic carbocycles. The van der Waals surface area contributed by atoms with Crippen LogP contribution in [0.5, 0.6) is 0 Å². The van der Waals surface area contributed by atoms with Crippen molar-refractivity contribution in [3.8, 4) is 0 Å². The number of hydrogen-bond acceptors (Lipinski definition) is 1. The summed E-state index contributed by atoms with van der Waals surface area (Å²) in [7, 11) is 2.01. The lowest BCUT2D eigenvalue weighted by Crippen LogP contribution is -2.28. The zero-order valence-electron chi connectivity index (χ0n) is 8.19. The molecule has 3 heterocycles. The summed E-state index contributed by atoms with van der Waals surface area (Å²) in [6, 6.07) is 6.09. The lowest BCUT2D eigenvalue weighted by Gasteiger charge is -1.89. The molecule has 0 radical (unpaired) electrons. The first-order chi connectivity index (χ1) is 6.77. The van der Waals surface area contributed by atoms with Gasteiger partial charge in [-0.25, -0.2) is 0 Å². The van der Waals surface area contributed by atoms with Crippen molar-refractivity contribution in [1.29, 1.82) is 0 Å². The van der Waals surface area contributed by atoms with E-state index in [-0.39, 0.29) is 0 Å². The van der Waals surface area contributed by atoms with Crippen LogP contribution < -0.4 is 4.57 Å². The van der Waals surface area contributed by atoms with Crippen LogP contribution in [0, 0.1) is 6.92 Å². The molecular weight excluding hydrogens is 176 g/mol. The third-order valence-electron chi connectivity index (χ3n) is 2.70. The first kappa shape index (κ1) is 7.62. The molecule has 0 bridgehead atoms. The Morgan fingerprint density at radius 1 is 1.36 bits per heavy atom. The fourth-order valence-electron chi connectivity index (χ4n) is 1.81. The van der Waals surface area contributed by atoms with Crippen molar-refractivity contribution in [2.75, 3.05) is 0 Å². The summed E-state index contributed by atoms with van der Waals surface area (Å²) < 4.78 is 9.83. The van der Waals surface area contributed by atoms with Gasteiger partial charge in [0.2, 0.25) is 5.58 Å². The molecule has 3 aromatic rings. The maximum absolute atomic E-state index is 5.69. The van der Waals surface area contributed by atoms with E-state index in [1.165, 1.54) is 0 Å². The van der Waals surface area contributed by atoms with Crippen molar-refractivity contribution in [1.82, 2.24) is 4.40 Å². The van der Waals surface area contributed by atoms with Crippen LogP contribution in [0.25, 0.3) is 16.6 Å². The average molecular weight is 187 g/mol. The van der Waals surface area contributed by atoms with Gasteiger partial charge in [-0.15, -0.1) is 0 Å². The zero-order valence-corrected chi connectivity index (χ0v) is 8.19. The number of aromatic nitrogens is 2. The molecule has 0 unspecified atom stereocenters. The Kier molecular flexibility index (Phi) is 1.29. The lowest BCUT2D eigenvalue weighted by atomic mass is 10.4. The number of nitrogens with zero attached hydrogens (tertiary/aromatic N) is 2. The van der Waals surface area contributed by atoms with Gasteiger partial charge in [-0.05, 0) is 12.1 Å². The molecule has 0 saturated heterocycles. The van der Waals surface area contributed by atoms with Gasteiger partial charge in [0.1, 0.15) is 7.05 Å². The predicted molar refractivity (Wildman–Crippen MR) is 53.1 cm³/mol. The maximum atomic E-state index is 5.69. The summed E-state index contributed by atoms with van der Waals surface area (Å²) in [6.07, 6.45) is 4.11. The highest BCUT2D eigenvalue weighted by molar-refractivity contribution is 5.87. The zero-order chi connectivity index (χ0) is 9.71. The highest BCUT2D eigenvalue weighted by Gasteiger charge is 2.18. The smallest absolute Gasteiger partial charge is 0.344 e. The molecule has 0 fully saturated rings. The van der Waals surface area contributed by atoms with Crippen LogP contribution in [0.1, 0.15) is 5.89 Å². The van der Waals surface area contributed by atoms with Gasteiger partial charge in [0, 0.05) is 6.20 Å². The Hall–Kier alpha value is -1.77. The number of pyridine rings is 1. The van der Waals surface area contributed by atoms with Gasteiger partial charge in [-0.2, -0.15) is 4.57 Å². The monoisotopic (exact) mass is 187 g/mol. The van der Waals surface area contributed by atoms with Gasteiger partial charge in [0.25, 0.3) is 5.52 Å². The summed E-state index contributed by atoms with van der Waals surface area (Å²) in [5, 5.41) is 0. The molecule has 0 aliphatic carbocycles. The minimum atomic E-state index is 0.932. The van der Waals surface area contributed by atoms with Crippen LogP contribution in [-0.2, 0) is 7.05 Å². The summed E-state index contributed by atoms with van der Waals surface area (Å²) >= 11 is 0. The molecule has 3 aromatic heterocycles. The standard InChI is InChI=1S/C11H11N2O/c1-8-12(2)10-7-13-6-4-3-5-9(13)11(10)14-8/h3-7H,1-2H3/q+1. The highest BCUT2D eigenvalue weighted by atomic mass is 16.4. The van der Waals surface area contributed by atoms with E-state index in [2.05, 4.69) is 21.2 Å². The average Bonchev–Trinajstić information content (AvgIpc) is 2.67. The van der Waals surface area contributed by atoms with Crippen molar-refractivity contribution in [2.45, 2.75) is 6.92 Å². The fourth-order valence-corrected chi connectivity index (χ4v) is 1.81. The van der Waals surface area contributed by atoms with E-state index in [1.807, 2.05) is 32.3 Å². The molecule has 0 saturated carbocycles. The van der Waals surface area contributed by atoms with Crippen molar-refractivity contribution in [2.24, 2.45) is 7.05 Å². The maximum Gasteiger partial charge on any atom is 0.344 e. The number of fused-ring (bicyclic) bond motifs is 3. The molecule has 0 spiro atoms. The third-order valence-corrected chi connectivity index (χ3v) is 2.70. The number of rotatable bonds is 0. The molecule has 14 heavy (non-hydrogen) atoms. The topological polar surface area (TPSA) is 21.4 Å². The SMILES string of the molecule is Cc1oc2c3ccccn3cc2[n+]1C. The first-order valence-electron chi connectivity index (χ1n) is 4.62. The molecule has 0 aliphatic rings. The van der Waals surface area contributed by atoms with Crippen LogP contribution in [-0.4, -0.2) is 4.40 Å². The molecule has 0 N–H and O–H groups in total. The number of oxazole rings is 1. The van der Waals surface area contributed by atoms with E-state index in [0.717, 1.165) is 22.5 Å². The van der Waals surface area contributed by atoms with Gasteiger partial charge < -0.3 is 8.82 Å². The van der Waals surface area contributed by atoms with Gasteiger partial charge in [0.05, 0.1) is 18.6 Å². The lowest BCUT2D eigenvalue weighted by molar-refractivity contribution is -0.657. The Bertz CT molecular complexity index is 619. The van der Waals surface area contributed by atoms with E-state index in [4.69, 9.17) is 4.42 Å². The van der Waals surface area contributed by atoms with Crippen molar-refractivity contribution < 1.29 is 8.98 Å². The Labute approximate surface area is 81.2 Å². The Morgan fingerprint density at radius 3 is 3.07 bits per heavy atom. The summed E-state index contributed by atoms with van der Waals surface area (Å²) in [4.78, 5) is 0. The van der Waals surface area contributed by atoms with Gasteiger partial charge >= 0.3 is 5.89 Å². The van der Waals surface area contributed by atoms with Crippen LogP contribution in [0.15, 0.2) is 35.0 Å². The summed E-state index contributed by atoms with van der Waals surface area (Å²) in [6.45, 7) is 1.97. The van der Waals surface area contributed by atoms with E-state index < -0.39 is 0 Å². The van der Waals surface area contributed by atoms with Gasteiger partial charge in [0.15, 0.2) is 0 Å². The second kappa shape index (κ2) is 2.38. The van der Waals surface area contributed by atoms with Crippen LogP contribution >= 0.6 is 0 Å². The van der Waals surface area contributed by atoms with Crippen molar-refractivity contribution in [3.63, 3.8) is 0 Å². The van der Waals surface area contributed by atoms with Crippen LogP contribution in [0.3, 0.4) is 0 Å². The molecular formula is C11H11N2O+. The number of aryl methyl sites for hydroxylation is 2. The van der Waals surface area contributed by atoms with Crippen LogP contribution in [0.2, 0.25) is 0 Å². The minimum absolute atomic E-state index is 0.932. The van der Waals surface area contributed by atoms with Gasteiger partial charge in [-0.1, -0.05) is 6.07 Å². The summed E-state index contributed by atoms with van der Waals surface area (Å²) in [5.41, 5.74) is 3.21. The predicted octanol–water partition coefficient (Wildman–Crippen LogP) is 1.82. The third kappa shape index (κ3) is 0.789. The first-order valence-corrected chi connectivity index (χ1v) is 4.62. The highest BCUT2D eigenvalue weighted by Crippen LogP contribution is 2.20. The van der Waals surface area contributed by atoms with E-state index in [1.54, 1.807) is 0 Å². The molecule has 0 amide bonds. The largest absolute Gasteiger partial charge is 0.399 e. The molecule has 70 valence electrons. The minimum Gasteiger partial charge on any atom is -0.399 e. The molecule has 0 atom stereocenters. The second-order valence-electron chi connectivity index (χ2n) is 3.52. The molecule has 3 nitrogen and oxygen atoms in total. The molecule has 3 rings (SSSR count). The van der Waals surface area contributed by atoms with Crippen molar-refractivity contribution >= 4 is 16.6 Å². The Balaban J connectivity index is 2.60. The van der Waals surface area contributed by atoms with Crippen LogP contribution in [0.4, 0.5) is 0 Å². The number of hydrogen-bond donors (Lipinski definition) is 0.